The van der Waals surface area contributed by atoms with E-state index >= 15 is 0 Å². The van der Waals surface area contributed by atoms with Gasteiger partial charge in [-0.15, -0.1) is 0 Å². The second kappa shape index (κ2) is 4.90. The molecule has 0 saturated carbocycles. The van der Waals surface area contributed by atoms with Crippen molar-refractivity contribution in [1.29, 1.82) is 0 Å². The van der Waals surface area contributed by atoms with E-state index in [2.05, 4.69) is 4.98 Å². The zero-order chi connectivity index (χ0) is 11.4. The largest absolute Gasteiger partial charge is 0.497 e. The molecule has 0 aliphatic heterocycles. The van der Waals surface area contributed by atoms with E-state index in [0.29, 0.717) is 0 Å². The summed E-state index contributed by atoms with van der Waals surface area (Å²) in [7, 11) is 1.65. The zero-order valence-electron chi connectivity index (χ0n) is 8.88. The molecule has 16 heavy (non-hydrogen) atoms. The Kier molecular flexibility index (Phi) is 3.31. The summed E-state index contributed by atoms with van der Waals surface area (Å²) in [5.74, 6) is 0.811. The van der Waals surface area contributed by atoms with Gasteiger partial charge in [0, 0.05) is 27.9 Å². The first kappa shape index (κ1) is 10.8. The lowest BCUT2D eigenvalue weighted by Gasteiger charge is -2.07. The molecule has 1 aromatic heterocycles. The Morgan fingerprint density at radius 3 is 2.62 bits per heavy atom. The highest BCUT2D eigenvalue weighted by Gasteiger charge is 2.03. The Bertz CT molecular complexity index is 474. The molecule has 2 N–H and O–H groups in total. The highest BCUT2D eigenvalue weighted by Crippen LogP contribution is 2.34. The number of nitrogens with zero attached hydrogens (tertiary/aromatic N) is 1. The predicted molar refractivity (Wildman–Crippen MR) is 65.8 cm³/mol. The molecule has 0 atom stereocenters. The first-order chi connectivity index (χ1) is 7.79. The van der Waals surface area contributed by atoms with E-state index in [1.807, 2.05) is 30.3 Å². The predicted octanol–water partition coefficient (Wildman–Crippen LogP) is 2.82. The fourth-order valence-corrected chi connectivity index (χ4v) is 2.14. The van der Waals surface area contributed by atoms with Gasteiger partial charge in [-0.2, -0.15) is 0 Å². The Morgan fingerprint density at radius 1 is 1.19 bits per heavy atom. The minimum atomic E-state index is 0.752. The molecule has 0 aliphatic carbocycles. The molecule has 0 fully saturated rings. The Balaban J connectivity index is 2.27. The molecule has 0 radical (unpaired) electrons. The second-order valence-corrected chi connectivity index (χ2v) is 4.30. The lowest BCUT2D eigenvalue weighted by molar-refractivity contribution is 0.414. The fraction of sp³-hybridized carbons (Fsp3) is 0.0833. The van der Waals surface area contributed by atoms with Crippen LogP contribution in [0.2, 0.25) is 0 Å². The molecule has 1 heterocycles. The van der Waals surface area contributed by atoms with E-state index in [-0.39, 0.29) is 0 Å². The number of anilines is 1. The summed E-state index contributed by atoms with van der Waals surface area (Å²) in [6, 6.07) is 9.53. The quantitative estimate of drug-likeness (QED) is 0.827. The van der Waals surface area contributed by atoms with Crippen LogP contribution in [0.4, 0.5) is 5.69 Å². The van der Waals surface area contributed by atoms with Crippen LogP contribution in [0.5, 0.6) is 5.75 Å². The van der Waals surface area contributed by atoms with Gasteiger partial charge in [-0.3, -0.25) is 4.98 Å². The van der Waals surface area contributed by atoms with Gasteiger partial charge >= 0.3 is 0 Å². The number of benzene rings is 1. The standard InChI is InChI=1S/C12H12N2OS/c1-15-9-2-3-11(13)12(8-9)16-10-4-6-14-7-5-10/h2-8H,13H2,1H3. The Labute approximate surface area is 98.6 Å². The zero-order valence-corrected chi connectivity index (χ0v) is 9.70. The van der Waals surface area contributed by atoms with Crippen molar-refractivity contribution in [2.75, 3.05) is 12.8 Å². The highest BCUT2D eigenvalue weighted by atomic mass is 32.2. The maximum Gasteiger partial charge on any atom is 0.120 e. The summed E-state index contributed by atoms with van der Waals surface area (Å²) in [6.07, 6.45) is 3.53. The van der Waals surface area contributed by atoms with Crippen molar-refractivity contribution in [2.45, 2.75) is 9.79 Å². The molecule has 0 amide bonds. The molecule has 0 bridgehead atoms. The van der Waals surface area contributed by atoms with Gasteiger partial charge in [0.25, 0.3) is 0 Å². The SMILES string of the molecule is COc1ccc(N)c(Sc2ccncc2)c1. The smallest absolute Gasteiger partial charge is 0.120 e. The van der Waals surface area contributed by atoms with Crippen molar-refractivity contribution >= 4 is 17.4 Å². The maximum absolute atomic E-state index is 5.90. The molecule has 1 aromatic carbocycles. The molecule has 3 nitrogen and oxygen atoms in total. The van der Waals surface area contributed by atoms with Gasteiger partial charge in [0.1, 0.15) is 5.75 Å². The van der Waals surface area contributed by atoms with Gasteiger partial charge in [0.05, 0.1) is 7.11 Å². The molecular weight excluding hydrogens is 220 g/mol. The van der Waals surface area contributed by atoms with Gasteiger partial charge in [-0.05, 0) is 30.3 Å². The Hall–Kier alpha value is -1.68. The lowest BCUT2D eigenvalue weighted by atomic mass is 10.3. The Morgan fingerprint density at radius 2 is 1.94 bits per heavy atom. The van der Waals surface area contributed by atoms with E-state index in [9.17, 15) is 0 Å². The molecule has 0 aliphatic rings. The number of pyridine rings is 1. The fourth-order valence-electron chi connectivity index (χ4n) is 1.26. The number of rotatable bonds is 3. The minimum Gasteiger partial charge on any atom is -0.497 e. The number of hydrogen-bond acceptors (Lipinski definition) is 4. The number of nitrogens with two attached hydrogens (primary N) is 1. The molecule has 0 saturated heterocycles. The third-order valence-corrected chi connectivity index (χ3v) is 3.18. The van der Waals surface area contributed by atoms with Crippen LogP contribution in [-0.2, 0) is 0 Å². The normalized spacial score (nSPS) is 10.1. The summed E-state index contributed by atoms with van der Waals surface area (Å²) in [5.41, 5.74) is 6.65. The van der Waals surface area contributed by atoms with Crippen LogP contribution < -0.4 is 10.5 Å². The van der Waals surface area contributed by atoms with Crippen molar-refractivity contribution in [3.05, 3.63) is 42.7 Å². The van der Waals surface area contributed by atoms with Crippen LogP contribution in [-0.4, -0.2) is 12.1 Å². The van der Waals surface area contributed by atoms with Crippen LogP contribution in [0.25, 0.3) is 0 Å². The average Bonchev–Trinajstić information content (AvgIpc) is 2.33. The van der Waals surface area contributed by atoms with Crippen LogP contribution >= 0.6 is 11.8 Å². The molecule has 2 rings (SSSR count). The summed E-state index contributed by atoms with van der Waals surface area (Å²) in [5, 5.41) is 0. The van der Waals surface area contributed by atoms with E-state index < -0.39 is 0 Å². The monoisotopic (exact) mass is 232 g/mol. The molecule has 0 spiro atoms. The van der Waals surface area contributed by atoms with E-state index in [1.54, 1.807) is 31.3 Å². The first-order valence-corrected chi connectivity index (χ1v) is 5.62. The number of hydrogen-bond donors (Lipinski definition) is 1. The summed E-state index contributed by atoms with van der Waals surface area (Å²) < 4.78 is 5.17. The van der Waals surface area contributed by atoms with Crippen molar-refractivity contribution in [3.8, 4) is 5.75 Å². The van der Waals surface area contributed by atoms with Gasteiger partial charge in [-0.1, -0.05) is 11.8 Å². The summed E-state index contributed by atoms with van der Waals surface area (Å²) in [4.78, 5) is 6.07. The highest BCUT2D eigenvalue weighted by molar-refractivity contribution is 7.99. The lowest BCUT2D eigenvalue weighted by Crippen LogP contribution is -1.90. The van der Waals surface area contributed by atoms with Crippen LogP contribution in [0.15, 0.2) is 52.5 Å². The summed E-state index contributed by atoms with van der Waals surface area (Å²) in [6.45, 7) is 0. The van der Waals surface area contributed by atoms with Gasteiger partial charge in [-0.25, -0.2) is 0 Å². The number of methoxy groups -OCH3 is 1. The number of nitrogen functional groups attached to an aromatic ring is 1. The van der Waals surface area contributed by atoms with E-state index in [1.165, 1.54) is 0 Å². The van der Waals surface area contributed by atoms with E-state index in [4.69, 9.17) is 10.5 Å². The van der Waals surface area contributed by atoms with Crippen molar-refractivity contribution in [3.63, 3.8) is 0 Å². The number of ether oxygens (including phenoxy) is 1. The molecule has 2 aromatic rings. The van der Waals surface area contributed by atoms with Gasteiger partial charge < -0.3 is 10.5 Å². The molecule has 82 valence electrons. The van der Waals surface area contributed by atoms with Gasteiger partial charge in [0.15, 0.2) is 0 Å². The average molecular weight is 232 g/mol. The second-order valence-electron chi connectivity index (χ2n) is 3.19. The summed E-state index contributed by atoms with van der Waals surface area (Å²) >= 11 is 1.60. The van der Waals surface area contributed by atoms with Gasteiger partial charge in [0.2, 0.25) is 0 Å². The van der Waals surface area contributed by atoms with Crippen molar-refractivity contribution < 1.29 is 4.74 Å². The third-order valence-electron chi connectivity index (χ3n) is 2.10. The van der Waals surface area contributed by atoms with Crippen molar-refractivity contribution in [2.24, 2.45) is 0 Å². The third kappa shape index (κ3) is 2.46. The molecular formula is C12H12N2OS. The topological polar surface area (TPSA) is 48.1 Å². The first-order valence-electron chi connectivity index (χ1n) is 4.81. The molecule has 0 unspecified atom stereocenters. The van der Waals surface area contributed by atoms with Crippen LogP contribution in [0.1, 0.15) is 0 Å². The number of aromatic nitrogens is 1. The molecule has 4 heteroatoms. The van der Waals surface area contributed by atoms with E-state index in [0.717, 1.165) is 21.2 Å². The maximum atomic E-state index is 5.90. The van der Waals surface area contributed by atoms with Crippen molar-refractivity contribution in [1.82, 2.24) is 4.98 Å². The minimum absolute atomic E-state index is 0.752. The van der Waals surface area contributed by atoms with Crippen LogP contribution in [0, 0.1) is 0 Å². The van der Waals surface area contributed by atoms with Crippen LogP contribution in [0.3, 0.4) is 0 Å².